The molecular weight excluding hydrogens is 262 g/mol. The van der Waals surface area contributed by atoms with Crippen LogP contribution in [0.1, 0.15) is 49.6 Å². The minimum atomic E-state index is -0.434. The van der Waals surface area contributed by atoms with Crippen LogP contribution in [0.5, 0.6) is 0 Å². The second-order valence-electron chi connectivity index (χ2n) is 4.60. The molecule has 1 saturated carbocycles. The molecular formula is C13H21N3O2S. The molecule has 0 spiro atoms. The van der Waals surface area contributed by atoms with Crippen LogP contribution in [-0.4, -0.2) is 33.1 Å². The van der Waals surface area contributed by atoms with Crippen LogP contribution < -0.4 is 5.73 Å². The van der Waals surface area contributed by atoms with E-state index in [0.29, 0.717) is 23.7 Å². The van der Waals surface area contributed by atoms with E-state index in [2.05, 4.69) is 11.9 Å². The number of nitrogens with two attached hydrogens (primary N) is 1. The smallest absolute Gasteiger partial charge is 0.360 e. The van der Waals surface area contributed by atoms with Crippen LogP contribution in [0.4, 0.5) is 5.82 Å². The predicted molar refractivity (Wildman–Crippen MR) is 77.4 cm³/mol. The largest absolute Gasteiger partial charge is 0.461 e. The third kappa shape index (κ3) is 2.88. The van der Waals surface area contributed by atoms with Crippen molar-refractivity contribution in [1.82, 2.24) is 9.55 Å². The van der Waals surface area contributed by atoms with Crippen molar-refractivity contribution in [1.29, 1.82) is 0 Å². The van der Waals surface area contributed by atoms with Crippen LogP contribution in [0.3, 0.4) is 0 Å². The van der Waals surface area contributed by atoms with Gasteiger partial charge in [-0.2, -0.15) is 11.8 Å². The molecule has 2 rings (SSSR count). The lowest BCUT2D eigenvalue weighted by molar-refractivity contribution is 0.0521. The van der Waals surface area contributed by atoms with E-state index < -0.39 is 5.97 Å². The highest BCUT2D eigenvalue weighted by Crippen LogP contribution is 2.39. The molecule has 0 bridgehead atoms. The van der Waals surface area contributed by atoms with Gasteiger partial charge in [0.05, 0.1) is 12.9 Å². The zero-order valence-electron chi connectivity index (χ0n) is 11.5. The molecule has 1 aromatic rings. The number of nitrogens with zero attached hydrogens (tertiary/aromatic N) is 2. The average molecular weight is 283 g/mol. The molecule has 19 heavy (non-hydrogen) atoms. The highest BCUT2D eigenvalue weighted by atomic mass is 32.2. The third-order valence-corrected chi connectivity index (χ3v) is 4.77. The number of anilines is 1. The van der Waals surface area contributed by atoms with Gasteiger partial charge in [-0.05, 0) is 25.5 Å². The molecule has 0 aliphatic heterocycles. The van der Waals surface area contributed by atoms with Crippen molar-refractivity contribution in [2.75, 3.05) is 18.1 Å². The summed E-state index contributed by atoms with van der Waals surface area (Å²) in [7, 11) is 0. The summed E-state index contributed by atoms with van der Waals surface area (Å²) in [5, 5.41) is 0.566. The molecule has 2 atom stereocenters. The van der Waals surface area contributed by atoms with Crippen molar-refractivity contribution in [2.45, 2.75) is 44.4 Å². The minimum absolute atomic E-state index is 0.244. The number of nitrogen functional groups attached to an aromatic ring is 1. The fourth-order valence-corrected chi connectivity index (χ4v) is 3.88. The van der Waals surface area contributed by atoms with Crippen LogP contribution in [-0.2, 0) is 4.74 Å². The van der Waals surface area contributed by atoms with Gasteiger partial charge < -0.3 is 15.0 Å². The molecule has 0 amide bonds. The minimum Gasteiger partial charge on any atom is -0.461 e. The number of ether oxygens (including phenoxy) is 1. The Morgan fingerprint density at radius 1 is 1.58 bits per heavy atom. The van der Waals surface area contributed by atoms with Crippen molar-refractivity contribution in [3.63, 3.8) is 0 Å². The highest BCUT2D eigenvalue weighted by molar-refractivity contribution is 7.99. The van der Waals surface area contributed by atoms with E-state index >= 15 is 0 Å². The first-order valence-corrected chi connectivity index (χ1v) is 7.84. The molecule has 1 aliphatic rings. The van der Waals surface area contributed by atoms with Crippen molar-refractivity contribution in [3.05, 3.63) is 12.0 Å². The molecule has 0 radical (unpaired) electrons. The number of thioether (sulfide) groups is 1. The van der Waals surface area contributed by atoms with E-state index in [1.165, 1.54) is 12.8 Å². The lowest BCUT2D eigenvalue weighted by Gasteiger charge is -2.21. The number of aromatic nitrogens is 2. The van der Waals surface area contributed by atoms with Crippen molar-refractivity contribution in [3.8, 4) is 0 Å². The summed E-state index contributed by atoms with van der Waals surface area (Å²) >= 11 is 1.96. The Kier molecular flexibility index (Phi) is 4.74. The number of carbonyl (C=O) groups excluding carboxylic acids is 1. The van der Waals surface area contributed by atoms with E-state index in [-0.39, 0.29) is 5.69 Å². The summed E-state index contributed by atoms with van der Waals surface area (Å²) in [5.41, 5.74) is 6.31. The van der Waals surface area contributed by atoms with E-state index in [4.69, 9.17) is 10.5 Å². The lowest BCUT2D eigenvalue weighted by atomic mass is 10.2. The predicted octanol–water partition coefficient (Wildman–Crippen LogP) is 2.49. The maximum Gasteiger partial charge on any atom is 0.360 e. The van der Waals surface area contributed by atoms with Gasteiger partial charge in [0, 0.05) is 11.3 Å². The van der Waals surface area contributed by atoms with Crippen LogP contribution in [0.25, 0.3) is 0 Å². The molecule has 1 aliphatic carbocycles. The Morgan fingerprint density at radius 3 is 3.05 bits per heavy atom. The van der Waals surface area contributed by atoms with E-state index in [1.54, 1.807) is 13.3 Å². The third-order valence-electron chi connectivity index (χ3n) is 3.46. The molecule has 2 unspecified atom stereocenters. The molecule has 6 heteroatoms. The van der Waals surface area contributed by atoms with Gasteiger partial charge in [-0.15, -0.1) is 0 Å². The van der Waals surface area contributed by atoms with Gasteiger partial charge in [-0.1, -0.05) is 13.3 Å². The standard InChI is InChI=1S/C13H21N3O2S/c1-3-18-13(17)11-12(14)16(8-15-11)9-6-5-7-10(9)19-4-2/h8-10H,3-7,14H2,1-2H3. The number of esters is 1. The topological polar surface area (TPSA) is 70.1 Å². The molecule has 0 aromatic carbocycles. The molecule has 2 N–H and O–H groups in total. The first-order valence-electron chi connectivity index (χ1n) is 6.80. The van der Waals surface area contributed by atoms with Crippen molar-refractivity contribution >= 4 is 23.5 Å². The maximum atomic E-state index is 11.7. The van der Waals surface area contributed by atoms with Gasteiger partial charge >= 0.3 is 5.97 Å². The maximum absolute atomic E-state index is 11.7. The summed E-state index contributed by atoms with van der Waals surface area (Å²) in [6, 6.07) is 0.348. The van der Waals surface area contributed by atoms with Crippen LogP contribution in [0, 0.1) is 0 Å². The van der Waals surface area contributed by atoms with E-state index in [1.807, 2.05) is 16.3 Å². The summed E-state index contributed by atoms with van der Waals surface area (Å²) in [6.45, 7) is 4.28. The SMILES string of the molecule is CCOC(=O)c1ncn(C2CCCC2SCC)c1N. The van der Waals surface area contributed by atoms with Gasteiger partial charge in [-0.3, -0.25) is 0 Å². The zero-order valence-corrected chi connectivity index (χ0v) is 12.3. The highest BCUT2D eigenvalue weighted by Gasteiger charge is 2.31. The second kappa shape index (κ2) is 6.32. The number of rotatable bonds is 5. The van der Waals surface area contributed by atoms with Crippen LogP contribution in [0.15, 0.2) is 6.33 Å². The van der Waals surface area contributed by atoms with Crippen LogP contribution >= 0.6 is 11.8 Å². The van der Waals surface area contributed by atoms with Crippen molar-refractivity contribution < 1.29 is 9.53 Å². The molecule has 1 aromatic heterocycles. The summed E-state index contributed by atoms with van der Waals surface area (Å²) in [4.78, 5) is 15.8. The summed E-state index contributed by atoms with van der Waals surface area (Å²) in [6.07, 6.45) is 5.19. The summed E-state index contributed by atoms with van der Waals surface area (Å²) < 4.78 is 6.91. The van der Waals surface area contributed by atoms with E-state index in [0.717, 1.165) is 12.2 Å². The molecule has 1 heterocycles. The monoisotopic (exact) mass is 283 g/mol. The Morgan fingerprint density at radius 2 is 2.37 bits per heavy atom. The van der Waals surface area contributed by atoms with Gasteiger partial charge in [0.25, 0.3) is 0 Å². The second-order valence-corrected chi connectivity index (χ2v) is 6.11. The Labute approximate surface area is 117 Å². The summed E-state index contributed by atoms with van der Waals surface area (Å²) in [5.74, 6) is 1.10. The van der Waals surface area contributed by atoms with Gasteiger partial charge in [0.1, 0.15) is 5.82 Å². The number of carbonyl (C=O) groups is 1. The number of imidazole rings is 1. The Balaban J connectivity index is 2.19. The molecule has 1 fully saturated rings. The number of hydrogen-bond donors (Lipinski definition) is 1. The average Bonchev–Trinajstić information content (AvgIpc) is 2.96. The quantitative estimate of drug-likeness (QED) is 0.841. The first kappa shape index (κ1) is 14.2. The van der Waals surface area contributed by atoms with E-state index in [9.17, 15) is 4.79 Å². The van der Waals surface area contributed by atoms with Gasteiger partial charge in [0.15, 0.2) is 5.69 Å². The number of hydrogen-bond acceptors (Lipinski definition) is 5. The normalized spacial score (nSPS) is 22.6. The van der Waals surface area contributed by atoms with Gasteiger partial charge in [-0.25, -0.2) is 9.78 Å². The lowest BCUT2D eigenvalue weighted by Crippen LogP contribution is -2.18. The van der Waals surface area contributed by atoms with Crippen LogP contribution in [0.2, 0.25) is 0 Å². The van der Waals surface area contributed by atoms with Gasteiger partial charge in [0.2, 0.25) is 0 Å². The Bertz CT molecular complexity index is 447. The fraction of sp³-hybridized carbons (Fsp3) is 0.692. The Hall–Kier alpha value is -1.17. The molecule has 0 saturated heterocycles. The first-order chi connectivity index (χ1) is 9.19. The molecule has 5 nitrogen and oxygen atoms in total. The molecule has 106 valence electrons. The fourth-order valence-electron chi connectivity index (χ4n) is 2.62. The van der Waals surface area contributed by atoms with Crippen molar-refractivity contribution in [2.24, 2.45) is 0 Å². The zero-order chi connectivity index (χ0) is 13.8.